The van der Waals surface area contributed by atoms with Crippen LogP contribution in [0.15, 0.2) is 61.1 Å². The van der Waals surface area contributed by atoms with E-state index in [1.165, 1.54) is 12.4 Å². The van der Waals surface area contributed by atoms with E-state index in [4.69, 9.17) is 0 Å². The van der Waals surface area contributed by atoms with Crippen LogP contribution >= 0.6 is 0 Å². The molecule has 0 aliphatic rings. The molecule has 0 N–H and O–H groups in total. The highest BCUT2D eigenvalue weighted by molar-refractivity contribution is 5.95. The summed E-state index contributed by atoms with van der Waals surface area (Å²) in [5.41, 5.74) is 1.48. The van der Waals surface area contributed by atoms with E-state index in [-0.39, 0.29) is 0 Å². The van der Waals surface area contributed by atoms with Gasteiger partial charge in [-0.05, 0) is 16.8 Å². The first-order chi connectivity index (χ1) is 8.36. The van der Waals surface area contributed by atoms with Crippen molar-refractivity contribution in [3.05, 3.63) is 66.3 Å². The van der Waals surface area contributed by atoms with Gasteiger partial charge >= 0.3 is 0 Å². The Morgan fingerprint density at radius 1 is 1.00 bits per heavy atom. The van der Waals surface area contributed by atoms with Gasteiger partial charge in [0.2, 0.25) is 5.69 Å². The zero-order valence-electron chi connectivity index (χ0n) is 9.08. The minimum Gasteiger partial charge on any atom is -0.618 e. The summed E-state index contributed by atoms with van der Waals surface area (Å²) in [5, 5.41) is 13.9. The van der Waals surface area contributed by atoms with Gasteiger partial charge in [-0.15, -0.1) is 0 Å². The second kappa shape index (κ2) is 3.87. The van der Waals surface area contributed by atoms with Crippen molar-refractivity contribution in [1.29, 1.82) is 0 Å². The summed E-state index contributed by atoms with van der Waals surface area (Å²) >= 11 is 0. The molecule has 0 saturated carbocycles. The lowest BCUT2D eigenvalue weighted by Crippen LogP contribution is -2.28. The summed E-state index contributed by atoms with van der Waals surface area (Å²) < 4.78 is 0.842. The molecule has 3 nitrogen and oxygen atoms in total. The van der Waals surface area contributed by atoms with E-state index in [1.807, 2.05) is 42.5 Å². The van der Waals surface area contributed by atoms with Crippen LogP contribution in [0.5, 0.6) is 0 Å². The van der Waals surface area contributed by atoms with Crippen molar-refractivity contribution in [2.75, 3.05) is 0 Å². The lowest BCUT2D eigenvalue weighted by Gasteiger charge is -2.06. The van der Waals surface area contributed by atoms with E-state index < -0.39 is 0 Å². The Balaban J connectivity index is 2.35. The average Bonchev–Trinajstić information content (AvgIpc) is 2.39. The Morgan fingerprint density at radius 3 is 2.71 bits per heavy atom. The highest BCUT2D eigenvalue weighted by Crippen LogP contribution is 2.25. The van der Waals surface area contributed by atoms with Crippen LogP contribution in [0.2, 0.25) is 0 Å². The molecular weight excluding hydrogens is 212 g/mol. The standard InChI is InChI=1S/C14H10N2O/c17-16-9-8-15-10-14(16)13-7-3-5-11-4-1-2-6-12(11)13/h1-10H. The number of rotatable bonds is 1. The molecule has 0 bridgehead atoms. The zero-order chi connectivity index (χ0) is 11.7. The van der Waals surface area contributed by atoms with Gasteiger partial charge in [0, 0.05) is 0 Å². The van der Waals surface area contributed by atoms with Gasteiger partial charge in [0.15, 0.2) is 6.20 Å². The summed E-state index contributed by atoms with van der Waals surface area (Å²) in [7, 11) is 0. The molecule has 0 unspecified atom stereocenters. The highest BCUT2D eigenvalue weighted by Gasteiger charge is 2.11. The monoisotopic (exact) mass is 222 g/mol. The minimum atomic E-state index is 0.573. The summed E-state index contributed by atoms with van der Waals surface area (Å²) in [6.45, 7) is 0. The molecule has 0 fully saturated rings. The maximum absolute atomic E-state index is 11.7. The van der Waals surface area contributed by atoms with E-state index >= 15 is 0 Å². The zero-order valence-corrected chi connectivity index (χ0v) is 9.08. The summed E-state index contributed by atoms with van der Waals surface area (Å²) in [4.78, 5) is 4.01. The van der Waals surface area contributed by atoms with Gasteiger partial charge in [-0.25, -0.2) is 0 Å². The average molecular weight is 222 g/mol. The number of hydrogen-bond donors (Lipinski definition) is 0. The Hall–Kier alpha value is -2.42. The second-order valence-electron chi connectivity index (χ2n) is 3.81. The van der Waals surface area contributed by atoms with E-state index in [1.54, 1.807) is 6.20 Å². The lowest BCUT2D eigenvalue weighted by atomic mass is 10.0. The molecule has 0 aliphatic carbocycles. The molecule has 1 aromatic heterocycles. The molecule has 82 valence electrons. The van der Waals surface area contributed by atoms with Crippen LogP contribution in [0.3, 0.4) is 0 Å². The normalized spacial score (nSPS) is 10.6. The van der Waals surface area contributed by atoms with Gasteiger partial charge in [-0.2, -0.15) is 4.73 Å². The number of benzene rings is 2. The predicted octanol–water partition coefficient (Wildman–Crippen LogP) is 2.54. The van der Waals surface area contributed by atoms with Crippen molar-refractivity contribution in [1.82, 2.24) is 4.98 Å². The van der Waals surface area contributed by atoms with Crippen LogP contribution in [0, 0.1) is 5.21 Å². The quantitative estimate of drug-likeness (QED) is 0.469. The SMILES string of the molecule is [O-][n+]1ccncc1-c1cccc2ccccc12. The van der Waals surface area contributed by atoms with Crippen molar-refractivity contribution in [2.24, 2.45) is 0 Å². The van der Waals surface area contributed by atoms with E-state index in [0.29, 0.717) is 5.69 Å². The highest BCUT2D eigenvalue weighted by atomic mass is 16.5. The first kappa shape index (κ1) is 9.78. The van der Waals surface area contributed by atoms with Crippen LogP contribution in [-0.4, -0.2) is 4.98 Å². The lowest BCUT2D eigenvalue weighted by molar-refractivity contribution is -0.594. The van der Waals surface area contributed by atoms with Crippen LogP contribution in [0.25, 0.3) is 22.0 Å². The number of nitrogens with zero attached hydrogens (tertiary/aromatic N) is 2. The largest absolute Gasteiger partial charge is 0.618 e. The van der Waals surface area contributed by atoms with Crippen molar-refractivity contribution < 1.29 is 4.73 Å². The molecule has 17 heavy (non-hydrogen) atoms. The topological polar surface area (TPSA) is 39.8 Å². The summed E-state index contributed by atoms with van der Waals surface area (Å²) in [6.07, 6.45) is 4.49. The van der Waals surface area contributed by atoms with Gasteiger partial charge in [-0.3, -0.25) is 4.98 Å². The Kier molecular flexibility index (Phi) is 2.22. The van der Waals surface area contributed by atoms with Gasteiger partial charge in [0.05, 0.1) is 11.8 Å². The van der Waals surface area contributed by atoms with Gasteiger partial charge in [0.1, 0.15) is 6.20 Å². The molecule has 3 heteroatoms. The third-order valence-electron chi connectivity index (χ3n) is 2.79. The maximum Gasteiger partial charge on any atom is 0.242 e. The summed E-state index contributed by atoms with van der Waals surface area (Å²) in [5.74, 6) is 0. The molecule has 1 heterocycles. The van der Waals surface area contributed by atoms with Crippen LogP contribution < -0.4 is 4.73 Å². The van der Waals surface area contributed by atoms with Gasteiger partial charge < -0.3 is 5.21 Å². The van der Waals surface area contributed by atoms with Gasteiger partial charge in [-0.1, -0.05) is 36.4 Å². The fourth-order valence-electron chi connectivity index (χ4n) is 1.99. The van der Waals surface area contributed by atoms with Crippen molar-refractivity contribution in [3.63, 3.8) is 0 Å². The number of aromatic nitrogens is 2. The van der Waals surface area contributed by atoms with E-state index in [9.17, 15) is 5.21 Å². The van der Waals surface area contributed by atoms with E-state index in [2.05, 4.69) is 4.98 Å². The Labute approximate surface area is 98.6 Å². The van der Waals surface area contributed by atoms with Gasteiger partial charge in [0.25, 0.3) is 0 Å². The molecule has 0 spiro atoms. The van der Waals surface area contributed by atoms with Crippen molar-refractivity contribution in [3.8, 4) is 11.3 Å². The van der Waals surface area contributed by atoms with Crippen molar-refractivity contribution >= 4 is 10.8 Å². The van der Waals surface area contributed by atoms with Crippen LogP contribution in [-0.2, 0) is 0 Å². The van der Waals surface area contributed by atoms with Crippen LogP contribution in [0.1, 0.15) is 0 Å². The third-order valence-corrected chi connectivity index (χ3v) is 2.79. The fourth-order valence-corrected chi connectivity index (χ4v) is 1.99. The number of fused-ring (bicyclic) bond motifs is 1. The molecule has 3 rings (SSSR count). The Bertz CT molecular complexity index is 674. The third kappa shape index (κ3) is 1.61. The molecular formula is C14H10N2O. The van der Waals surface area contributed by atoms with Crippen molar-refractivity contribution in [2.45, 2.75) is 0 Å². The molecule has 0 radical (unpaired) electrons. The number of hydrogen-bond acceptors (Lipinski definition) is 2. The smallest absolute Gasteiger partial charge is 0.242 e. The fraction of sp³-hybridized carbons (Fsp3) is 0. The minimum absolute atomic E-state index is 0.573. The van der Waals surface area contributed by atoms with Crippen LogP contribution in [0.4, 0.5) is 0 Å². The summed E-state index contributed by atoms with van der Waals surface area (Å²) in [6, 6.07) is 13.9. The maximum atomic E-state index is 11.7. The van der Waals surface area contributed by atoms with E-state index in [0.717, 1.165) is 21.1 Å². The molecule has 0 amide bonds. The molecule has 0 aliphatic heterocycles. The molecule has 0 saturated heterocycles. The molecule has 3 aromatic rings. The first-order valence-corrected chi connectivity index (χ1v) is 5.37. The second-order valence-corrected chi connectivity index (χ2v) is 3.81. The Morgan fingerprint density at radius 2 is 1.82 bits per heavy atom. The first-order valence-electron chi connectivity index (χ1n) is 5.37. The molecule has 0 atom stereocenters. The molecule has 2 aromatic carbocycles. The predicted molar refractivity (Wildman–Crippen MR) is 66.1 cm³/mol.